The SMILES string of the molecule is CS(=O)(=O)Cc1ccc(C(=O)NCCCN2CCc3ccccc3C2)cc1. The summed E-state index contributed by atoms with van der Waals surface area (Å²) in [6.07, 6.45) is 3.19. The Hall–Kier alpha value is -2.18. The zero-order valence-corrected chi connectivity index (χ0v) is 16.5. The molecule has 3 rings (SSSR count). The average Bonchev–Trinajstić information content (AvgIpc) is 2.64. The molecule has 1 heterocycles. The zero-order chi connectivity index (χ0) is 19.3. The fourth-order valence-corrected chi connectivity index (χ4v) is 4.20. The third kappa shape index (κ3) is 5.91. The predicted molar refractivity (Wildman–Crippen MR) is 107 cm³/mol. The first-order valence-corrected chi connectivity index (χ1v) is 11.3. The van der Waals surface area contributed by atoms with Crippen LogP contribution in [0.2, 0.25) is 0 Å². The van der Waals surface area contributed by atoms with Gasteiger partial charge in [0, 0.05) is 38.0 Å². The van der Waals surface area contributed by atoms with Crippen molar-refractivity contribution in [1.29, 1.82) is 0 Å². The molecule has 0 spiro atoms. The van der Waals surface area contributed by atoms with E-state index in [4.69, 9.17) is 0 Å². The molecule has 5 nitrogen and oxygen atoms in total. The Morgan fingerprint density at radius 1 is 1.07 bits per heavy atom. The molecule has 0 radical (unpaired) electrons. The van der Waals surface area contributed by atoms with Gasteiger partial charge in [0.1, 0.15) is 0 Å². The molecular formula is C21H26N2O3S. The first-order chi connectivity index (χ1) is 12.9. The normalized spacial score (nSPS) is 14.6. The van der Waals surface area contributed by atoms with Gasteiger partial charge in [0.2, 0.25) is 0 Å². The molecule has 0 aliphatic carbocycles. The van der Waals surface area contributed by atoms with Crippen molar-refractivity contribution >= 4 is 15.7 Å². The minimum Gasteiger partial charge on any atom is -0.352 e. The highest BCUT2D eigenvalue weighted by Gasteiger charge is 2.15. The van der Waals surface area contributed by atoms with Gasteiger partial charge in [0.05, 0.1) is 5.75 Å². The number of amides is 1. The van der Waals surface area contributed by atoms with Crippen molar-refractivity contribution in [3.63, 3.8) is 0 Å². The number of benzene rings is 2. The number of rotatable bonds is 7. The van der Waals surface area contributed by atoms with Gasteiger partial charge in [-0.3, -0.25) is 9.69 Å². The van der Waals surface area contributed by atoms with Crippen LogP contribution >= 0.6 is 0 Å². The van der Waals surface area contributed by atoms with Gasteiger partial charge in [0.15, 0.2) is 9.84 Å². The molecule has 1 N–H and O–H groups in total. The molecule has 1 amide bonds. The second-order valence-corrected chi connectivity index (χ2v) is 9.31. The Labute approximate surface area is 161 Å². The maximum atomic E-state index is 12.2. The van der Waals surface area contributed by atoms with E-state index in [1.807, 2.05) is 0 Å². The number of nitrogens with one attached hydrogen (secondary N) is 1. The lowest BCUT2D eigenvalue weighted by molar-refractivity contribution is 0.0951. The largest absolute Gasteiger partial charge is 0.352 e. The Balaban J connectivity index is 1.41. The molecule has 1 aliphatic rings. The summed E-state index contributed by atoms with van der Waals surface area (Å²) in [4.78, 5) is 14.6. The van der Waals surface area contributed by atoms with Gasteiger partial charge < -0.3 is 5.32 Å². The fraction of sp³-hybridized carbons (Fsp3) is 0.381. The van der Waals surface area contributed by atoms with Crippen LogP contribution in [0, 0.1) is 0 Å². The molecule has 2 aromatic carbocycles. The van der Waals surface area contributed by atoms with Crippen LogP contribution in [0.1, 0.15) is 33.5 Å². The van der Waals surface area contributed by atoms with E-state index in [0.29, 0.717) is 17.7 Å². The minimum absolute atomic E-state index is 0.00609. The van der Waals surface area contributed by atoms with E-state index in [-0.39, 0.29) is 11.7 Å². The summed E-state index contributed by atoms with van der Waals surface area (Å²) in [5.41, 5.74) is 4.10. The fourth-order valence-electron chi connectivity index (χ4n) is 3.41. The van der Waals surface area contributed by atoms with Gasteiger partial charge in [-0.25, -0.2) is 8.42 Å². The van der Waals surface area contributed by atoms with E-state index >= 15 is 0 Å². The van der Waals surface area contributed by atoms with E-state index in [1.165, 1.54) is 17.4 Å². The van der Waals surface area contributed by atoms with Crippen LogP contribution in [0.4, 0.5) is 0 Å². The smallest absolute Gasteiger partial charge is 0.251 e. The van der Waals surface area contributed by atoms with Crippen molar-refractivity contribution in [2.45, 2.75) is 25.1 Å². The van der Waals surface area contributed by atoms with Crippen LogP contribution in [0.5, 0.6) is 0 Å². The summed E-state index contributed by atoms with van der Waals surface area (Å²) in [5.74, 6) is -0.127. The van der Waals surface area contributed by atoms with Gasteiger partial charge in [-0.05, 0) is 41.7 Å². The van der Waals surface area contributed by atoms with Gasteiger partial charge in [-0.15, -0.1) is 0 Å². The molecule has 2 aromatic rings. The average molecular weight is 387 g/mol. The highest BCUT2D eigenvalue weighted by molar-refractivity contribution is 7.89. The van der Waals surface area contributed by atoms with Gasteiger partial charge in [0.25, 0.3) is 5.91 Å². The number of fused-ring (bicyclic) bond motifs is 1. The predicted octanol–water partition coefficient (Wildman–Crippen LogP) is 2.41. The van der Waals surface area contributed by atoms with E-state index < -0.39 is 9.84 Å². The zero-order valence-electron chi connectivity index (χ0n) is 15.6. The second kappa shape index (κ2) is 8.67. The van der Waals surface area contributed by atoms with E-state index in [0.717, 1.165) is 32.5 Å². The number of sulfone groups is 1. The van der Waals surface area contributed by atoms with Gasteiger partial charge >= 0.3 is 0 Å². The third-order valence-electron chi connectivity index (χ3n) is 4.79. The van der Waals surface area contributed by atoms with Crippen molar-refractivity contribution in [2.24, 2.45) is 0 Å². The quantitative estimate of drug-likeness (QED) is 0.742. The molecule has 0 unspecified atom stereocenters. The van der Waals surface area contributed by atoms with Crippen LogP contribution in [0.25, 0.3) is 0 Å². The number of carbonyl (C=O) groups excluding carboxylic acids is 1. The summed E-state index contributed by atoms with van der Waals surface area (Å²) in [6.45, 7) is 3.63. The number of hydrogen-bond donors (Lipinski definition) is 1. The summed E-state index contributed by atoms with van der Waals surface area (Å²) in [5, 5.41) is 2.94. The molecule has 0 atom stereocenters. The molecule has 27 heavy (non-hydrogen) atoms. The molecule has 6 heteroatoms. The molecule has 144 valence electrons. The first kappa shape index (κ1) is 19.6. The Bertz CT molecular complexity index is 892. The number of hydrogen-bond acceptors (Lipinski definition) is 4. The maximum absolute atomic E-state index is 12.2. The topological polar surface area (TPSA) is 66.5 Å². The summed E-state index contributed by atoms with van der Waals surface area (Å²) < 4.78 is 22.6. The van der Waals surface area contributed by atoms with Crippen molar-refractivity contribution in [3.05, 3.63) is 70.8 Å². The van der Waals surface area contributed by atoms with Crippen LogP contribution < -0.4 is 5.32 Å². The monoisotopic (exact) mass is 386 g/mol. The van der Waals surface area contributed by atoms with Crippen LogP contribution in [-0.4, -0.2) is 45.1 Å². The summed E-state index contributed by atoms with van der Waals surface area (Å²) in [7, 11) is -3.06. The van der Waals surface area contributed by atoms with Gasteiger partial charge in [-0.1, -0.05) is 36.4 Å². The highest BCUT2D eigenvalue weighted by atomic mass is 32.2. The standard InChI is InChI=1S/C21H26N2O3S/c1-27(25,26)16-17-7-9-19(10-8-17)21(24)22-12-4-13-23-14-11-18-5-2-3-6-20(18)15-23/h2-3,5-10H,4,11-16H2,1H3,(H,22,24). The highest BCUT2D eigenvalue weighted by Crippen LogP contribution is 2.18. The van der Waals surface area contributed by atoms with Crippen molar-refractivity contribution in [1.82, 2.24) is 10.2 Å². The number of nitrogens with zero attached hydrogens (tertiary/aromatic N) is 1. The Kier molecular flexibility index (Phi) is 6.29. The minimum atomic E-state index is -3.06. The lowest BCUT2D eigenvalue weighted by Gasteiger charge is -2.28. The van der Waals surface area contributed by atoms with E-state index in [1.54, 1.807) is 24.3 Å². The van der Waals surface area contributed by atoms with Crippen LogP contribution in [-0.2, 0) is 28.6 Å². The van der Waals surface area contributed by atoms with Gasteiger partial charge in [-0.2, -0.15) is 0 Å². The van der Waals surface area contributed by atoms with Crippen molar-refractivity contribution < 1.29 is 13.2 Å². The molecule has 0 saturated heterocycles. The van der Waals surface area contributed by atoms with Crippen molar-refractivity contribution in [3.8, 4) is 0 Å². The molecule has 0 bridgehead atoms. The molecular weight excluding hydrogens is 360 g/mol. The lowest BCUT2D eigenvalue weighted by atomic mass is 10.00. The first-order valence-electron chi connectivity index (χ1n) is 9.25. The maximum Gasteiger partial charge on any atom is 0.251 e. The lowest BCUT2D eigenvalue weighted by Crippen LogP contribution is -2.33. The Morgan fingerprint density at radius 3 is 2.48 bits per heavy atom. The number of carbonyl (C=O) groups is 1. The Morgan fingerprint density at radius 2 is 1.78 bits per heavy atom. The summed E-state index contributed by atoms with van der Waals surface area (Å²) >= 11 is 0. The van der Waals surface area contributed by atoms with Crippen molar-refractivity contribution in [2.75, 3.05) is 25.9 Å². The molecule has 1 aliphatic heterocycles. The van der Waals surface area contributed by atoms with Crippen LogP contribution in [0.3, 0.4) is 0 Å². The third-order valence-corrected chi connectivity index (χ3v) is 5.65. The van der Waals surface area contributed by atoms with Crippen LogP contribution in [0.15, 0.2) is 48.5 Å². The molecule has 0 saturated carbocycles. The molecule has 0 aromatic heterocycles. The van der Waals surface area contributed by atoms with E-state index in [2.05, 4.69) is 34.5 Å². The second-order valence-electron chi connectivity index (χ2n) is 7.17. The molecule has 0 fully saturated rings. The summed E-state index contributed by atoms with van der Waals surface area (Å²) in [6, 6.07) is 15.3. The van der Waals surface area contributed by atoms with E-state index in [9.17, 15) is 13.2 Å².